The number of hydrogen-bond donors (Lipinski definition) is 2. The van der Waals surface area contributed by atoms with Gasteiger partial charge in [-0.1, -0.05) is 0 Å². The summed E-state index contributed by atoms with van der Waals surface area (Å²) in [6.07, 6.45) is 3.37. The maximum Gasteiger partial charge on any atom is 0.341 e. The average molecular weight is 326 g/mol. The van der Waals surface area contributed by atoms with Gasteiger partial charge in [-0.3, -0.25) is 9.47 Å². The van der Waals surface area contributed by atoms with E-state index in [1.165, 1.54) is 24.2 Å². The van der Waals surface area contributed by atoms with E-state index >= 15 is 0 Å². The highest BCUT2D eigenvalue weighted by Crippen LogP contribution is 2.21. The van der Waals surface area contributed by atoms with Gasteiger partial charge >= 0.3 is 5.97 Å². The normalized spacial score (nSPS) is 20.1. The van der Waals surface area contributed by atoms with E-state index in [4.69, 9.17) is 0 Å². The highest BCUT2D eigenvalue weighted by Gasteiger charge is 2.29. The fraction of sp³-hybridized carbons (Fsp3) is 0.417. The zero-order chi connectivity index (χ0) is 15.9. The van der Waals surface area contributed by atoms with Crippen molar-refractivity contribution in [2.75, 3.05) is 24.0 Å². The van der Waals surface area contributed by atoms with Crippen molar-refractivity contribution >= 4 is 15.8 Å². The fourth-order valence-electron chi connectivity index (χ4n) is 2.48. The van der Waals surface area contributed by atoms with Gasteiger partial charge in [0.25, 0.3) is 5.56 Å². The topological polar surface area (TPSA) is 123 Å². The minimum atomic E-state index is -3.03. The highest BCUT2D eigenvalue weighted by atomic mass is 32.2. The molecule has 1 fully saturated rings. The first-order valence-electron chi connectivity index (χ1n) is 6.55. The third-order valence-electron chi connectivity index (χ3n) is 3.53. The van der Waals surface area contributed by atoms with Crippen molar-refractivity contribution in [1.29, 1.82) is 0 Å². The number of hydrogen-bond acceptors (Lipinski definition) is 7. The van der Waals surface area contributed by atoms with Crippen molar-refractivity contribution in [2.45, 2.75) is 12.5 Å². The monoisotopic (exact) mass is 326 g/mol. The van der Waals surface area contributed by atoms with Crippen LogP contribution in [-0.2, 0) is 14.6 Å². The molecule has 118 valence electrons. The number of aromatic nitrogens is 3. The first-order valence-corrected chi connectivity index (χ1v) is 8.37. The lowest BCUT2D eigenvalue weighted by atomic mass is 10.1. The van der Waals surface area contributed by atoms with Crippen molar-refractivity contribution in [2.24, 2.45) is 0 Å². The Morgan fingerprint density at radius 1 is 1.50 bits per heavy atom. The molecule has 0 aromatic rings. The molecule has 10 heteroatoms. The molecular weight excluding hydrogens is 312 g/mol. The molecule has 0 spiro atoms. The number of methoxy groups -OCH3 is 1. The number of pyridine rings is 1. The summed E-state index contributed by atoms with van der Waals surface area (Å²) < 4.78 is 29.1. The van der Waals surface area contributed by atoms with Crippen LogP contribution in [0.15, 0.2) is 17.2 Å². The zero-order valence-corrected chi connectivity index (χ0v) is 12.5. The van der Waals surface area contributed by atoms with Crippen LogP contribution in [0.3, 0.4) is 0 Å². The van der Waals surface area contributed by atoms with Gasteiger partial charge in [0.15, 0.2) is 9.84 Å². The van der Waals surface area contributed by atoms with E-state index < -0.39 is 21.4 Å². The average Bonchev–Trinajstić information content (AvgIpc) is 3.01. The van der Waals surface area contributed by atoms with Crippen molar-refractivity contribution in [3.05, 3.63) is 28.3 Å². The Kier molecular flexibility index (Phi) is 3.39. The summed E-state index contributed by atoms with van der Waals surface area (Å²) in [5, 5.41) is 6.09. The number of sulfone groups is 1. The van der Waals surface area contributed by atoms with E-state index in [1.54, 1.807) is 0 Å². The molecule has 9 nitrogen and oxygen atoms in total. The largest absolute Gasteiger partial charge is 0.465 e. The second-order valence-corrected chi connectivity index (χ2v) is 7.34. The van der Waals surface area contributed by atoms with E-state index in [0.29, 0.717) is 6.42 Å². The number of ether oxygens (including phenoxy) is 1. The first kappa shape index (κ1) is 14.6. The molecule has 1 atom stereocenters. The van der Waals surface area contributed by atoms with E-state index in [0.717, 1.165) is 0 Å². The van der Waals surface area contributed by atoms with Gasteiger partial charge in [-0.25, -0.2) is 18.3 Å². The van der Waals surface area contributed by atoms with Gasteiger partial charge in [-0.2, -0.15) is 5.10 Å². The molecule has 0 saturated carbocycles. The Hall–Kier alpha value is -2.36. The van der Waals surface area contributed by atoms with E-state index in [2.05, 4.69) is 20.4 Å². The van der Waals surface area contributed by atoms with Gasteiger partial charge in [0.2, 0.25) is 0 Å². The zero-order valence-electron chi connectivity index (χ0n) is 11.7. The molecule has 0 radical (unpaired) electrons. The van der Waals surface area contributed by atoms with Gasteiger partial charge in [-0.15, -0.1) is 0 Å². The molecule has 3 heterocycles. The van der Waals surface area contributed by atoms with Crippen LogP contribution < -0.4 is 11.0 Å². The number of nitrogens with zero attached hydrogens (tertiary/aromatic N) is 2. The van der Waals surface area contributed by atoms with Gasteiger partial charge < -0.3 is 10.2 Å². The van der Waals surface area contributed by atoms with Crippen molar-refractivity contribution in [3.63, 3.8) is 0 Å². The van der Waals surface area contributed by atoms with Gasteiger partial charge in [0.05, 0.1) is 30.2 Å². The second-order valence-electron chi connectivity index (χ2n) is 5.11. The number of esters is 1. The SMILES string of the molecule is COC(=O)c1cn(NC2CCS(=O)(=O)C2)cc2c(=O)[nH]nc1-2. The molecule has 22 heavy (non-hydrogen) atoms. The molecule has 3 rings (SSSR count). The lowest BCUT2D eigenvalue weighted by Gasteiger charge is -2.17. The summed E-state index contributed by atoms with van der Waals surface area (Å²) in [7, 11) is -1.80. The summed E-state index contributed by atoms with van der Waals surface area (Å²) in [6.45, 7) is 0. The Bertz CT molecular complexity index is 853. The van der Waals surface area contributed by atoms with E-state index in [-0.39, 0.29) is 34.4 Å². The van der Waals surface area contributed by atoms with Crippen LogP contribution in [0.1, 0.15) is 16.8 Å². The minimum Gasteiger partial charge on any atom is -0.465 e. The van der Waals surface area contributed by atoms with Crippen molar-refractivity contribution in [1.82, 2.24) is 14.9 Å². The van der Waals surface area contributed by atoms with Gasteiger partial charge in [-0.05, 0) is 6.42 Å². The molecule has 2 N–H and O–H groups in total. The smallest absolute Gasteiger partial charge is 0.341 e. The second kappa shape index (κ2) is 5.13. The molecule has 1 saturated heterocycles. The Labute approximate surface area is 125 Å². The van der Waals surface area contributed by atoms with Crippen LogP contribution in [0.25, 0.3) is 11.3 Å². The quantitative estimate of drug-likeness (QED) is 0.707. The maximum atomic E-state index is 11.8. The van der Waals surface area contributed by atoms with E-state index in [1.807, 2.05) is 0 Å². The van der Waals surface area contributed by atoms with Crippen LogP contribution in [0.5, 0.6) is 0 Å². The predicted molar refractivity (Wildman–Crippen MR) is 77.2 cm³/mol. The first-order chi connectivity index (χ1) is 10.4. The molecule has 1 unspecified atom stereocenters. The maximum absolute atomic E-state index is 11.8. The third-order valence-corrected chi connectivity index (χ3v) is 5.30. The molecule has 3 aliphatic rings. The number of carbonyl (C=O) groups is 1. The molecular formula is C12H14N4O5S. The molecule has 0 bridgehead atoms. The number of nitrogens with one attached hydrogen (secondary N) is 2. The predicted octanol–water partition coefficient (Wildman–Crippen LogP) is -0.807. The van der Waals surface area contributed by atoms with E-state index in [9.17, 15) is 18.0 Å². The number of fused-ring (bicyclic) bond motifs is 1. The number of carbonyl (C=O) groups excluding carboxylic acids is 1. The van der Waals surface area contributed by atoms with Crippen LogP contribution in [0.4, 0.5) is 0 Å². The van der Waals surface area contributed by atoms with Crippen molar-refractivity contribution in [3.8, 4) is 11.3 Å². The highest BCUT2D eigenvalue weighted by molar-refractivity contribution is 7.91. The number of H-pyrrole nitrogens is 1. The summed E-state index contributed by atoms with van der Waals surface area (Å²) in [6, 6.07) is -0.278. The third kappa shape index (κ3) is 2.56. The number of rotatable bonds is 3. The fourth-order valence-corrected chi connectivity index (χ4v) is 4.14. The van der Waals surface area contributed by atoms with Crippen LogP contribution in [0.2, 0.25) is 0 Å². The van der Waals surface area contributed by atoms with Crippen LogP contribution in [0, 0.1) is 0 Å². The summed E-state index contributed by atoms with van der Waals surface area (Å²) in [4.78, 5) is 23.5. The molecule has 0 aromatic carbocycles. The molecule has 0 aromatic heterocycles. The lowest BCUT2D eigenvalue weighted by molar-refractivity contribution is 0.0600. The Morgan fingerprint density at radius 2 is 2.27 bits per heavy atom. The lowest BCUT2D eigenvalue weighted by Crippen LogP contribution is -2.30. The Balaban J connectivity index is 1.99. The standard InChI is InChI=1S/C12H14N4O5S/c1-21-12(18)9-5-16(4-8-10(9)13-14-11(8)17)15-7-2-3-22(19,20)6-7/h4-5,7,15H,2-3,6H2,1H3,(H,14,17). The van der Waals surface area contributed by atoms with Gasteiger partial charge in [0.1, 0.15) is 11.3 Å². The van der Waals surface area contributed by atoms with Crippen LogP contribution >= 0.6 is 0 Å². The molecule has 0 aliphatic carbocycles. The summed E-state index contributed by atoms with van der Waals surface area (Å²) in [5.41, 5.74) is 3.09. The number of aromatic amines is 1. The molecule has 3 aliphatic heterocycles. The Morgan fingerprint density at radius 3 is 2.91 bits per heavy atom. The summed E-state index contributed by atoms with van der Waals surface area (Å²) >= 11 is 0. The minimum absolute atomic E-state index is 0.0151. The van der Waals surface area contributed by atoms with Crippen LogP contribution in [-0.4, -0.2) is 53.9 Å². The van der Waals surface area contributed by atoms with Crippen molar-refractivity contribution < 1.29 is 17.9 Å². The summed E-state index contributed by atoms with van der Waals surface area (Å²) in [5.74, 6) is -0.497. The molecule has 0 amide bonds. The van der Waals surface area contributed by atoms with Gasteiger partial charge in [0, 0.05) is 12.4 Å².